The number of nitrogens with two attached hydrogens (primary N) is 1. The molecule has 23 heavy (non-hydrogen) atoms. The van der Waals surface area contributed by atoms with Gasteiger partial charge in [0.15, 0.2) is 5.82 Å². The lowest BCUT2D eigenvalue weighted by atomic mass is 10.1. The zero-order chi connectivity index (χ0) is 17.0. The van der Waals surface area contributed by atoms with Gasteiger partial charge in [-0.3, -0.25) is 10.1 Å². The summed E-state index contributed by atoms with van der Waals surface area (Å²) in [5, 5.41) is 10.8. The summed E-state index contributed by atoms with van der Waals surface area (Å²) in [5.74, 6) is -0.784. The lowest BCUT2D eigenvalue weighted by molar-refractivity contribution is -0.384. The normalized spacial score (nSPS) is 10.3. The van der Waals surface area contributed by atoms with E-state index < -0.39 is 22.1 Å². The summed E-state index contributed by atoms with van der Waals surface area (Å²) in [6.07, 6.45) is 1.64. The van der Waals surface area contributed by atoms with Gasteiger partial charge in [-0.25, -0.2) is 4.39 Å². The summed E-state index contributed by atoms with van der Waals surface area (Å²) in [7, 11) is 0. The van der Waals surface area contributed by atoms with Gasteiger partial charge in [0, 0.05) is 19.2 Å². The molecule has 2 aromatic carbocycles. The van der Waals surface area contributed by atoms with Crippen LogP contribution in [-0.4, -0.2) is 11.5 Å². The number of nitrogen functional groups attached to an aromatic ring is 1. The minimum absolute atomic E-state index is 0.216. The predicted molar refractivity (Wildman–Crippen MR) is 89.9 cm³/mol. The molecule has 120 valence electrons. The zero-order valence-electron chi connectivity index (χ0n) is 12.8. The summed E-state index contributed by atoms with van der Waals surface area (Å²) >= 11 is 0. The van der Waals surface area contributed by atoms with Crippen LogP contribution in [0, 0.1) is 22.9 Å². The van der Waals surface area contributed by atoms with Crippen LogP contribution in [0.25, 0.3) is 0 Å². The third-order valence-electron chi connectivity index (χ3n) is 3.52. The van der Waals surface area contributed by atoms with Crippen molar-refractivity contribution >= 4 is 17.1 Å². The molecule has 0 bridgehead atoms. The Bertz CT molecular complexity index is 729. The number of nitro groups is 1. The summed E-state index contributed by atoms with van der Waals surface area (Å²) < 4.78 is 14.5. The highest BCUT2D eigenvalue weighted by Gasteiger charge is 2.21. The molecule has 0 fully saturated rings. The molecule has 0 unspecified atom stereocenters. The lowest BCUT2D eigenvalue weighted by Gasteiger charge is -2.24. The number of aryl methyl sites for hydroxylation is 1. The first-order valence-electron chi connectivity index (χ1n) is 7.07. The van der Waals surface area contributed by atoms with E-state index in [1.807, 2.05) is 31.2 Å². The van der Waals surface area contributed by atoms with Crippen molar-refractivity contribution in [3.8, 4) is 0 Å². The van der Waals surface area contributed by atoms with Crippen molar-refractivity contribution in [2.45, 2.75) is 13.5 Å². The largest absolute Gasteiger partial charge is 0.391 e. The summed E-state index contributed by atoms with van der Waals surface area (Å²) in [4.78, 5) is 11.9. The number of hydrogen-bond donors (Lipinski definition) is 1. The van der Waals surface area contributed by atoms with Crippen LogP contribution in [0.5, 0.6) is 0 Å². The van der Waals surface area contributed by atoms with Gasteiger partial charge in [-0.2, -0.15) is 0 Å². The van der Waals surface area contributed by atoms with Gasteiger partial charge in [0.05, 0.1) is 10.6 Å². The average Bonchev–Trinajstić information content (AvgIpc) is 2.51. The van der Waals surface area contributed by atoms with Crippen molar-refractivity contribution in [3.63, 3.8) is 0 Å². The second-order valence-electron chi connectivity index (χ2n) is 5.24. The van der Waals surface area contributed by atoms with Crippen LogP contribution in [0.1, 0.15) is 11.1 Å². The SMILES string of the molecule is C=CCN(Cc1ccc(C)cc1)c1ccc([N+](=O)[O-])c(N)c1F. The summed E-state index contributed by atoms with van der Waals surface area (Å²) in [6, 6.07) is 10.5. The van der Waals surface area contributed by atoms with E-state index in [2.05, 4.69) is 6.58 Å². The van der Waals surface area contributed by atoms with Gasteiger partial charge in [0.25, 0.3) is 5.69 Å². The molecule has 0 heterocycles. The van der Waals surface area contributed by atoms with E-state index in [0.717, 1.165) is 11.1 Å². The first-order chi connectivity index (χ1) is 10.9. The Morgan fingerprint density at radius 1 is 1.30 bits per heavy atom. The second kappa shape index (κ2) is 6.91. The molecule has 6 heteroatoms. The Kier molecular flexibility index (Phi) is 4.95. The Morgan fingerprint density at radius 3 is 2.52 bits per heavy atom. The molecular weight excluding hydrogens is 297 g/mol. The lowest BCUT2D eigenvalue weighted by Crippen LogP contribution is -2.24. The van der Waals surface area contributed by atoms with E-state index in [9.17, 15) is 14.5 Å². The van der Waals surface area contributed by atoms with Gasteiger partial charge < -0.3 is 10.6 Å². The topological polar surface area (TPSA) is 72.4 Å². The van der Waals surface area contributed by atoms with E-state index >= 15 is 0 Å². The first kappa shape index (κ1) is 16.5. The van der Waals surface area contributed by atoms with Crippen LogP contribution in [0.15, 0.2) is 49.1 Å². The van der Waals surface area contributed by atoms with E-state index in [0.29, 0.717) is 13.1 Å². The van der Waals surface area contributed by atoms with Gasteiger partial charge in [-0.1, -0.05) is 35.9 Å². The Hall–Kier alpha value is -2.89. The van der Waals surface area contributed by atoms with E-state index in [4.69, 9.17) is 5.73 Å². The molecule has 5 nitrogen and oxygen atoms in total. The van der Waals surface area contributed by atoms with Crippen LogP contribution >= 0.6 is 0 Å². The number of hydrogen-bond acceptors (Lipinski definition) is 4. The molecule has 2 rings (SSSR count). The molecule has 0 aliphatic rings. The summed E-state index contributed by atoms with van der Waals surface area (Å²) in [6.45, 7) is 6.50. The van der Waals surface area contributed by atoms with Crippen LogP contribution in [0.4, 0.5) is 21.5 Å². The van der Waals surface area contributed by atoms with Crippen molar-refractivity contribution < 1.29 is 9.31 Å². The molecule has 2 N–H and O–H groups in total. The maximum Gasteiger partial charge on any atom is 0.295 e. The van der Waals surface area contributed by atoms with Gasteiger partial charge in [0.2, 0.25) is 0 Å². The molecule has 2 aromatic rings. The monoisotopic (exact) mass is 315 g/mol. The van der Waals surface area contributed by atoms with Crippen molar-refractivity contribution in [1.29, 1.82) is 0 Å². The quantitative estimate of drug-likeness (QED) is 0.381. The standard InChI is InChI=1S/C17H18FN3O2/c1-3-10-20(11-13-6-4-12(2)5-7-13)14-8-9-15(21(22)23)17(19)16(14)18/h3-9H,1,10-11,19H2,2H3. The van der Waals surface area contributed by atoms with Crippen molar-refractivity contribution in [1.82, 2.24) is 0 Å². The Balaban J connectivity index is 2.37. The minimum atomic E-state index is -0.784. The minimum Gasteiger partial charge on any atom is -0.391 e. The highest BCUT2D eigenvalue weighted by atomic mass is 19.1. The number of benzene rings is 2. The van der Waals surface area contributed by atoms with Crippen molar-refractivity contribution in [3.05, 3.63) is 76.1 Å². The number of halogens is 1. The first-order valence-corrected chi connectivity index (χ1v) is 7.07. The van der Waals surface area contributed by atoms with E-state index in [1.54, 1.807) is 11.0 Å². The van der Waals surface area contributed by atoms with Crippen LogP contribution in [0.2, 0.25) is 0 Å². The fourth-order valence-corrected chi connectivity index (χ4v) is 2.29. The molecule has 0 amide bonds. The number of nitrogens with zero attached hydrogens (tertiary/aromatic N) is 2. The van der Waals surface area contributed by atoms with Crippen molar-refractivity contribution in [2.75, 3.05) is 17.2 Å². The third kappa shape index (κ3) is 3.66. The smallest absolute Gasteiger partial charge is 0.295 e. The maximum absolute atomic E-state index is 14.5. The van der Waals surface area contributed by atoms with Crippen LogP contribution in [-0.2, 0) is 6.54 Å². The predicted octanol–water partition coefficient (Wildman–Crippen LogP) is 3.82. The van der Waals surface area contributed by atoms with Crippen LogP contribution in [0.3, 0.4) is 0 Å². The summed E-state index contributed by atoms with van der Waals surface area (Å²) in [5.41, 5.74) is 7.02. The molecule has 0 aliphatic carbocycles. The number of nitro benzene ring substituents is 1. The van der Waals surface area contributed by atoms with Gasteiger partial charge >= 0.3 is 0 Å². The molecule has 0 aliphatic heterocycles. The second-order valence-corrected chi connectivity index (χ2v) is 5.24. The van der Waals surface area contributed by atoms with E-state index in [1.165, 1.54) is 12.1 Å². The van der Waals surface area contributed by atoms with Gasteiger partial charge in [0.1, 0.15) is 5.69 Å². The van der Waals surface area contributed by atoms with Crippen LogP contribution < -0.4 is 10.6 Å². The highest BCUT2D eigenvalue weighted by molar-refractivity contribution is 5.68. The number of anilines is 2. The fraction of sp³-hybridized carbons (Fsp3) is 0.176. The molecule has 0 atom stereocenters. The Labute approximate surface area is 134 Å². The van der Waals surface area contributed by atoms with Crippen molar-refractivity contribution in [2.24, 2.45) is 0 Å². The van der Waals surface area contributed by atoms with Gasteiger partial charge in [-0.15, -0.1) is 6.58 Å². The third-order valence-corrected chi connectivity index (χ3v) is 3.52. The van der Waals surface area contributed by atoms with Gasteiger partial charge in [-0.05, 0) is 18.6 Å². The molecule has 0 spiro atoms. The molecular formula is C17H18FN3O2. The van der Waals surface area contributed by atoms with E-state index in [-0.39, 0.29) is 5.69 Å². The molecule has 0 saturated heterocycles. The fourth-order valence-electron chi connectivity index (χ4n) is 2.29. The molecule has 0 saturated carbocycles. The molecule has 0 radical (unpaired) electrons. The maximum atomic E-state index is 14.5. The zero-order valence-corrected chi connectivity index (χ0v) is 12.8. The average molecular weight is 315 g/mol. The number of rotatable bonds is 6. The Morgan fingerprint density at radius 2 is 1.96 bits per heavy atom. The highest BCUT2D eigenvalue weighted by Crippen LogP contribution is 2.32. The molecule has 0 aromatic heterocycles.